The molecular formula is C18H36N2O2. The molecule has 1 aliphatic carbocycles. The number of hydrogen-bond acceptors (Lipinski definition) is 3. The third kappa shape index (κ3) is 8.02. The van der Waals surface area contributed by atoms with Crippen LogP contribution >= 0.6 is 0 Å². The molecule has 1 saturated carbocycles. The van der Waals surface area contributed by atoms with E-state index in [0.717, 1.165) is 12.8 Å². The molecule has 4 heteroatoms. The Hall–Kier alpha value is -0.770. The topological polar surface area (TPSA) is 50.4 Å². The van der Waals surface area contributed by atoms with Crippen LogP contribution in [0, 0.1) is 5.41 Å². The molecule has 22 heavy (non-hydrogen) atoms. The minimum atomic E-state index is -0.438. The lowest BCUT2D eigenvalue weighted by Crippen LogP contribution is -2.47. The van der Waals surface area contributed by atoms with Gasteiger partial charge in [0.15, 0.2) is 0 Å². The fourth-order valence-electron chi connectivity index (χ4n) is 3.01. The summed E-state index contributed by atoms with van der Waals surface area (Å²) < 4.78 is 5.31. The third-order valence-electron chi connectivity index (χ3n) is 4.34. The predicted octanol–water partition coefficient (Wildman–Crippen LogP) is 4.24. The van der Waals surface area contributed by atoms with Crippen molar-refractivity contribution >= 4 is 6.09 Å². The van der Waals surface area contributed by atoms with E-state index < -0.39 is 5.60 Å². The Labute approximate surface area is 136 Å². The maximum Gasteiger partial charge on any atom is 0.407 e. The number of ether oxygens (including phenoxy) is 1. The zero-order valence-corrected chi connectivity index (χ0v) is 15.4. The van der Waals surface area contributed by atoms with Crippen molar-refractivity contribution in [3.63, 3.8) is 0 Å². The molecule has 1 amide bonds. The second kappa shape index (κ2) is 8.19. The standard InChI is InChI=1S/C18H36N2O2/c1-7-8-15(13-19-16(21)22-17(2,3)4)20-14-9-11-18(5,6)12-10-14/h14-15,20H,7-13H2,1-6H3,(H,19,21). The first kappa shape index (κ1) is 19.3. The number of carbonyl (C=O) groups excluding carboxylic acids is 1. The van der Waals surface area contributed by atoms with Crippen LogP contribution in [0.25, 0.3) is 0 Å². The fourth-order valence-corrected chi connectivity index (χ4v) is 3.01. The molecule has 0 aromatic carbocycles. The van der Waals surface area contributed by atoms with Crippen LogP contribution in [0.15, 0.2) is 0 Å². The normalized spacial score (nSPS) is 20.5. The Bertz CT molecular complexity index is 337. The van der Waals surface area contributed by atoms with Gasteiger partial charge in [-0.25, -0.2) is 4.79 Å². The van der Waals surface area contributed by atoms with E-state index in [1.54, 1.807) is 0 Å². The molecule has 1 unspecified atom stereocenters. The maximum absolute atomic E-state index is 11.8. The summed E-state index contributed by atoms with van der Waals surface area (Å²) in [6.45, 7) is 13.2. The second-order valence-electron chi connectivity index (χ2n) is 8.47. The Morgan fingerprint density at radius 1 is 1.27 bits per heavy atom. The fraction of sp³-hybridized carbons (Fsp3) is 0.944. The molecule has 1 atom stereocenters. The molecule has 130 valence electrons. The van der Waals surface area contributed by atoms with Gasteiger partial charge in [0.1, 0.15) is 5.60 Å². The second-order valence-corrected chi connectivity index (χ2v) is 8.47. The van der Waals surface area contributed by atoms with Crippen LogP contribution < -0.4 is 10.6 Å². The molecule has 1 aliphatic rings. The van der Waals surface area contributed by atoms with E-state index in [2.05, 4.69) is 31.4 Å². The van der Waals surface area contributed by atoms with Gasteiger partial charge in [0.05, 0.1) is 0 Å². The lowest BCUT2D eigenvalue weighted by Gasteiger charge is -2.36. The van der Waals surface area contributed by atoms with Crippen molar-refractivity contribution in [1.82, 2.24) is 10.6 Å². The van der Waals surface area contributed by atoms with Gasteiger partial charge in [-0.3, -0.25) is 0 Å². The molecule has 0 spiro atoms. The summed E-state index contributed by atoms with van der Waals surface area (Å²) in [6, 6.07) is 0.925. The largest absolute Gasteiger partial charge is 0.444 e. The van der Waals surface area contributed by atoms with Crippen LogP contribution in [0.1, 0.15) is 80.1 Å². The van der Waals surface area contributed by atoms with Crippen molar-refractivity contribution in [3.8, 4) is 0 Å². The highest BCUT2D eigenvalue weighted by Gasteiger charge is 2.28. The Kier molecular flexibility index (Phi) is 7.17. The number of alkyl carbamates (subject to hydrolysis) is 1. The molecular weight excluding hydrogens is 276 g/mol. The molecule has 0 radical (unpaired) electrons. The molecule has 0 saturated heterocycles. The summed E-state index contributed by atoms with van der Waals surface area (Å²) >= 11 is 0. The Balaban J connectivity index is 2.37. The summed E-state index contributed by atoms with van der Waals surface area (Å²) in [5, 5.41) is 6.65. The van der Waals surface area contributed by atoms with Crippen LogP contribution in [-0.2, 0) is 4.74 Å². The molecule has 4 nitrogen and oxygen atoms in total. The van der Waals surface area contributed by atoms with Crippen LogP contribution in [-0.4, -0.2) is 30.3 Å². The van der Waals surface area contributed by atoms with Gasteiger partial charge < -0.3 is 15.4 Å². The number of carbonyl (C=O) groups is 1. The summed E-state index contributed by atoms with van der Waals surface area (Å²) in [6.07, 6.45) is 6.91. The van der Waals surface area contributed by atoms with E-state index in [9.17, 15) is 4.79 Å². The minimum Gasteiger partial charge on any atom is -0.444 e. The number of amides is 1. The lowest BCUT2D eigenvalue weighted by atomic mass is 9.75. The minimum absolute atomic E-state index is 0.319. The van der Waals surface area contributed by atoms with Crippen molar-refractivity contribution in [2.75, 3.05) is 6.54 Å². The molecule has 0 aromatic heterocycles. The Morgan fingerprint density at radius 2 is 1.86 bits per heavy atom. The predicted molar refractivity (Wildman–Crippen MR) is 92.1 cm³/mol. The summed E-state index contributed by atoms with van der Waals surface area (Å²) in [7, 11) is 0. The lowest BCUT2D eigenvalue weighted by molar-refractivity contribution is 0.0520. The zero-order valence-electron chi connectivity index (χ0n) is 15.4. The van der Waals surface area contributed by atoms with Crippen LogP contribution in [0.5, 0.6) is 0 Å². The van der Waals surface area contributed by atoms with Crippen molar-refractivity contribution in [2.45, 2.75) is 97.8 Å². The molecule has 1 rings (SSSR count). The van der Waals surface area contributed by atoms with Crippen LogP contribution in [0.3, 0.4) is 0 Å². The van der Waals surface area contributed by atoms with Crippen LogP contribution in [0.4, 0.5) is 4.79 Å². The number of nitrogens with one attached hydrogen (secondary N) is 2. The van der Waals surface area contributed by atoms with Gasteiger partial charge in [-0.05, 0) is 58.3 Å². The average molecular weight is 312 g/mol. The Morgan fingerprint density at radius 3 is 2.36 bits per heavy atom. The smallest absolute Gasteiger partial charge is 0.407 e. The van der Waals surface area contributed by atoms with Gasteiger partial charge >= 0.3 is 6.09 Å². The average Bonchev–Trinajstić information content (AvgIpc) is 2.36. The van der Waals surface area contributed by atoms with Gasteiger partial charge in [0.2, 0.25) is 0 Å². The molecule has 0 bridgehead atoms. The van der Waals surface area contributed by atoms with Crippen molar-refractivity contribution < 1.29 is 9.53 Å². The molecule has 1 fully saturated rings. The number of rotatable bonds is 6. The SMILES string of the molecule is CCCC(CNC(=O)OC(C)(C)C)NC1CCC(C)(C)CC1. The van der Waals surface area contributed by atoms with Crippen molar-refractivity contribution in [2.24, 2.45) is 5.41 Å². The van der Waals surface area contributed by atoms with Gasteiger partial charge in [0.25, 0.3) is 0 Å². The highest BCUT2D eigenvalue weighted by Crippen LogP contribution is 2.35. The van der Waals surface area contributed by atoms with E-state index in [1.165, 1.54) is 25.7 Å². The molecule has 0 heterocycles. The quantitative estimate of drug-likeness (QED) is 0.771. The maximum atomic E-state index is 11.8. The van der Waals surface area contributed by atoms with Gasteiger partial charge in [-0.15, -0.1) is 0 Å². The van der Waals surface area contributed by atoms with E-state index in [0.29, 0.717) is 24.0 Å². The summed E-state index contributed by atoms with van der Waals surface area (Å²) in [5.41, 5.74) is 0.0555. The summed E-state index contributed by atoms with van der Waals surface area (Å²) in [4.78, 5) is 11.8. The van der Waals surface area contributed by atoms with Gasteiger partial charge in [-0.2, -0.15) is 0 Å². The van der Waals surface area contributed by atoms with E-state index in [-0.39, 0.29) is 6.09 Å². The molecule has 2 N–H and O–H groups in total. The van der Waals surface area contributed by atoms with Crippen molar-refractivity contribution in [3.05, 3.63) is 0 Å². The van der Waals surface area contributed by atoms with E-state index >= 15 is 0 Å². The van der Waals surface area contributed by atoms with Gasteiger partial charge in [-0.1, -0.05) is 27.2 Å². The first-order valence-corrected chi connectivity index (χ1v) is 8.84. The highest BCUT2D eigenvalue weighted by atomic mass is 16.6. The van der Waals surface area contributed by atoms with E-state index in [1.807, 2.05) is 20.8 Å². The van der Waals surface area contributed by atoms with E-state index in [4.69, 9.17) is 4.74 Å². The monoisotopic (exact) mass is 312 g/mol. The van der Waals surface area contributed by atoms with Gasteiger partial charge in [0, 0.05) is 18.6 Å². The zero-order chi connectivity index (χ0) is 16.8. The van der Waals surface area contributed by atoms with Crippen molar-refractivity contribution in [1.29, 1.82) is 0 Å². The van der Waals surface area contributed by atoms with Crippen LogP contribution in [0.2, 0.25) is 0 Å². The first-order valence-electron chi connectivity index (χ1n) is 8.84. The molecule has 0 aliphatic heterocycles. The molecule has 0 aromatic rings. The third-order valence-corrected chi connectivity index (χ3v) is 4.34. The highest BCUT2D eigenvalue weighted by molar-refractivity contribution is 5.67. The number of hydrogen-bond donors (Lipinski definition) is 2. The first-order chi connectivity index (χ1) is 10.1. The summed E-state index contributed by atoms with van der Waals surface area (Å²) in [5.74, 6) is 0.